The van der Waals surface area contributed by atoms with Crippen molar-refractivity contribution < 1.29 is 17.9 Å². The van der Waals surface area contributed by atoms with Gasteiger partial charge in [-0.2, -0.15) is 0 Å². The number of ether oxygens (including phenoxy) is 1. The van der Waals surface area contributed by atoms with Crippen molar-refractivity contribution in [3.05, 3.63) is 58.6 Å². The van der Waals surface area contributed by atoms with Crippen LogP contribution in [0.4, 0.5) is 5.69 Å². The number of anilines is 1. The molecule has 0 atom stereocenters. The van der Waals surface area contributed by atoms with E-state index in [2.05, 4.69) is 4.40 Å². The fourth-order valence-corrected chi connectivity index (χ4v) is 5.09. The van der Waals surface area contributed by atoms with E-state index in [1.54, 1.807) is 42.5 Å². The third-order valence-corrected chi connectivity index (χ3v) is 6.55. The number of rotatable bonds is 3. The molecule has 0 unspecified atom stereocenters. The zero-order valence-electron chi connectivity index (χ0n) is 13.4. The molecule has 0 spiro atoms. The van der Waals surface area contributed by atoms with Crippen LogP contribution in [-0.2, 0) is 21.4 Å². The molecule has 0 saturated heterocycles. The van der Waals surface area contributed by atoms with Crippen LogP contribution in [0.2, 0.25) is 5.02 Å². The number of thioether (sulfide) groups is 1. The normalized spacial score (nSPS) is 17.3. The highest BCUT2D eigenvalue weighted by molar-refractivity contribution is 8.15. The first-order valence-corrected chi connectivity index (χ1v) is 10.6. The Morgan fingerprint density at radius 3 is 2.77 bits per heavy atom. The van der Waals surface area contributed by atoms with Gasteiger partial charge in [0, 0.05) is 16.5 Å². The van der Waals surface area contributed by atoms with Crippen LogP contribution < -0.4 is 4.90 Å². The summed E-state index contributed by atoms with van der Waals surface area (Å²) in [5.41, 5.74) is 2.11. The van der Waals surface area contributed by atoms with Crippen molar-refractivity contribution in [2.45, 2.75) is 11.5 Å². The van der Waals surface area contributed by atoms with Crippen LogP contribution in [0.15, 0.2) is 51.8 Å². The molecule has 9 heteroatoms. The predicted molar refractivity (Wildman–Crippen MR) is 101 cm³/mol. The second kappa shape index (κ2) is 6.61. The minimum Gasteiger partial charge on any atom is -0.457 e. The summed E-state index contributed by atoms with van der Waals surface area (Å²) in [6, 6.07) is 12.2. The number of carbonyl (C=O) groups is 1. The molecule has 0 amide bonds. The van der Waals surface area contributed by atoms with Crippen LogP contribution in [0.3, 0.4) is 0 Å². The maximum absolute atomic E-state index is 12.3. The first-order chi connectivity index (χ1) is 12.4. The van der Waals surface area contributed by atoms with Gasteiger partial charge in [-0.25, -0.2) is 13.2 Å². The third-order valence-electron chi connectivity index (χ3n) is 3.99. The number of esters is 1. The zero-order chi connectivity index (χ0) is 18.3. The lowest BCUT2D eigenvalue weighted by Gasteiger charge is -2.22. The van der Waals surface area contributed by atoms with Gasteiger partial charge in [-0.3, -0.25) is 0 Å². The largest absolute Gasteiger partial charge is 0.457 e. The lowest BCUT2D eigenvalue weighted by Crippen LogP contribution is -2.35. The summed E-state index contributed by atoms with van der Waals surface area (Å²) in [5, 5.41) is 1.05. The van der Waals surface area contributed by atoms with Crippen molar-refractivity contribution in [1.82, 2.24) is 0 Å². The Kier molecular flexibility index (Phi) is 4.42. The van der Waals surface area contributed by atoms with Gasteiger partial charge >= 0.3 is 5.97 Å². The molecule has 0 fully saturated rings. The van der Waals surface area contributed by atoms with Gasteiger partial charge in [-0.1, -0.05) is 23.7 Å². The summed E-state index contributed by atoms with van der Waals surface area (Å²) in [7, 11) is -3.40. The molecule has 0 radical (unpaired) electrons. The van der Waals surface area contributed by atoms with Crippen molar-refractivity contribution in [3.63, 3.8) is 0 Å². The van der Waals surface area contributed by atoms with E-state index < -0.39 is 16.0 Å². The molecular formula is C17H13ClN2O4S2. The summed E-state index contributed by atoms with van der Waals surface area (Å²) in [5.74, 6) is -0.454. The highest BCUT2D eigenvalue weighted by Gasteiger charge is 2.33. The van der Waals surface area contributed by atoms with E-state index in [-0.39, 0.29) is 12.4 Å². The van der Waals surface area contributed by atoms with Crippen LogP contribution in [0, 0.1) is 0 Å². The van der Waals surface area contributed by atoms with Gasteiger partial charge in [0.15, 0.2) is 5.17 Å². The molecule has 0 aliphatic carbocycles. The van der Waals surface area contributed by atoms with Gasteiger partial charge in [0.1, 0.15) is 6.61 Å². The Morgan fingerprint density at radius 2 is 2.00 bits per heavy atom. The van der Waals surface area contributed by atoms with E-state index in [0.717, 1.165) is 16.1 Å². The number of halogens is 1. The molecule has 2 aromatic rings. The molecule has 134 valence electrons. The van der Waals surface area contributed by atoms with Crippen LogP contribution in [-0.4, -0.2) is 31.9 Å². The summed E-state index contributed by atoms with van der Waals surface area (Å²) in [4.78, 5) is 14.9. The monoisotopic (exact) mass is 408 g/mol. The minimum atomic E-state index is -3.40. The number of fused-ring (bicyclic) bond motifs is 3. The number of hydrogen-bond acceptors (Lipinski definition) is 6. The molecule has 2 aliphatic heterocycles. The van der Waals surface area contributed by atoms with Crippen molar-refractivity contribution in [1.29, 1.82) is 0 Å². The topological polar surface area (TPSA) is 76.0 Å². The van der Waals surface area contributed by atoms with E-state index in [0.29, 0.717) is 22.3 Å². The number of hydrogen-bond donors (Lipinski definition) is 0. The Balaban J connectivity index is 1.50. The van der Waals surface area contributed by atoms with E-state index in [1.165, 1.54) is 11.8 Å². The Labute approximate surface area is 159 Å². The fraction of sp³-hybridized carbons (Fsp3) is 0.176. The molecule has 6 nitrogen and oxygen atoms in total. The third kappa shape index (κ3) is 3.44. The average Bonchev–Trinajstić information content (AvgIpc) is 2.96. The molecule has 0 saturated carbocycles. The standard InChI is InChI=1S/C17H13ClN2O4S2/c18-13-4-1-11(2-5-13)10-24-16(21)12-3-6-14-15(9-12)25-17-19-26(22,23)8-7-20(14)17/h1-6,9H,7-8,10H2. The number of carbonyl (C=O) groups excluding carboxylic acids is 1. The van der Waals surface area contributed by atoms with E-state index >= 15 is 0 Å². The van der Waals surface area contributed by atoms with Crippen LogP contribution >= 0.6 is 23.4 Å². The van der Waals surface area contributed by atoms with E-state index in [9.17, 15) is 13.2 Å². The first-order valence-electron chi connectivity index (χ1n) is 7.75. The maximum atomic E-state index is 12.3. The van der Waals surface area contributed by atoms with Crippen molar-refractivity contribution in [2.24, 2.45) is 4.40 Å². The maximum Gasteiger partial charge on any atom is 0.338 e. The highest BCUT2D eigenvalue weighted by atomic mass is 35.5. The Bertz CT molecular complexity index is 1020. The summed E-state index contributed by atoms with van der Waals surface area (Å²) >= 11 is 7.08. The molecule has 2 heterocycles. The Morgan fingerprint density at radius 1 is 1.23 bits per heavy atom. The SMILES string of the molecule is O=C(OCc1ccc(Cl)cc1)c1ccc2c(c1)SC1=NS(=O)(=O)CCN12. The molecule has 2 aliphatic rings. The van der Waals surface area contributed by atoms with Gasteiger partial charge in [0.2, 0.25) is 0 Å². The molecule has 26 heavy (non-hydrogen) atoms. The molecule has 2 aromatic carbocycles. The van der Waals surface area contributed by atoms with E-state index in [1.807, 2.05) is 4.90 Å². The van der Waals surface area contributed by atoms with Gasteiger partial charge in [-0.05, 0) is 47.7 Å². The summed E-state index contributed by atoms with van der Waals surface area (Å²) in [6.07, 6.45) is 0. The number of nitrogens with zero attached hydrogens (tertiary/aromatic N) is 2. The molecular weight excluding hydrogens is 396 g/mol. The molecule has 0 N–H and O–H groups in total. The number of benzene rings is 2. The molecule has 4 rings (SSSR count). The van der Waals surface area contributed by atoms with Crippen molar-refractivity contribution in [2.75, 3.05) is 17.2 Å². The van der Waals surface area contributed by atoms with Crippen LogP contribution in [0.25, 0.3) is 0 Å². The Hall–Kier alpha value is -2.03. The quantitative estimate of drug-likeness (QED) is 0.725. The van der Waals surface area contributed by atoms with Crippen LogP contribution in [0.1, 0.15) is 15.9 Å². The van der Waals surface area contributed by atoms with Gasteiger partial charge in [0.25, 0.3) is 10.0 Å². The van der Waals surface area contributed by atoms with Gasteiger partial charge in [0.05, 0.1) is 17.0 Å². The fourth-order valence-electron chi connectivity index (χ4n) is 2.67. The van der Waals surface area contributed by atoms with Gasteiger partial charge in [-0.15, -0.1) is 4.40 Å². The number of sulfonamides is 1. The minimum absolute atomic E-state index is 0.0125. The first kappa shape index (κ1) is 17.4. The predicted octanol–water partition coefficient (Wildman–Crippen LogP) is 3.31. The lowest BCUT2D eigenvalue weighted by atomic mass is 10.2. The number of amidine groups is 1. The summed E-state index contributed by atoms with van der Waals surface area (Å²) < 4.78 is 32.4. The molecule has 0 aromatic heterocycles. The van der Waals surface area contributed by atoms with Crippen molar-refractivity contribution in [3.8, 4) is 0 Å². The second-order valence-corrected chi connectivity index (χ2v) is 9.00. The highest BCUT2D eigenvalue weighted by Crippen LogP contribution is 2.42. The van der Waals surface area contributed by atoms with E-state index in [4.69, 9.17) is 16.3 Å². The second-order valence-electron chi connectivity index (χ2n) is 5.80. The smallest absolute Gasteiger partial charge is 0.338 e. The zero-order valence-corrected chi connectivity index (χ0v) is 15.8. The average molecular weight is 409 g/mol. The van der Waals surface area contributed by atoms with Crippen LogP contribution in [0.5, 0.6) is 0 Å². The lowest BCUT2D eigenvalue weighted by molar-refractivity contribution is 0.0472. The van der Waals surface area contributed by atoms with Gasteiger partial charge < -0.3 is 9.64 Å². The van der Waals surface area contributed by atoms with Crippen molar-refractivity contribution >= 4 is 50.2 Å². The molecule has 0 bridgehead atoms. The summed E-state index contributed by atoms with van der Waals surface area (Å²) in [6.45, 7) is 0.513.